The molecular weight excluding hydrogens is 327 g/mol. The first-order chi connectivity index (χ1) is 11.4. The molecule has 2 rings (SSSR count). The van der Waals surface area contributed by atoms with E-state index in [0.717, 1.165) is 12.1 Å². The molecule has 2 aromatic rings. The van der Waals surface area contributed by atoms with Crippen molar-refractivity contribution in [3.05, 3.63) is 41.3 Å². The molecule has 0 unspecified atom stereocenters. The van der Waals surface area contributed by atoms with Crippen LogP contribution in [0.15, 0.2) is 24.5 Å². The summed E-state index contributed by atoms with van der Waals surface area (Å²) in [5, 5.41) is 4.06. The largest absolute Gasteiger partial charge is 0.471 e. The molecule has 130 valence electrons. The molecule has 0 bridgehead atoms. The van der Waals surface area contributed by atoms with E-state index < -0.39 is 17.7 Å². The van der Waals surface area contributed by atoms with E-state index in [4.69, 9.17) is 9.47 Å². The first-order valence-corrected chi connectivity index (χ1v) is 7.24. The van der Waals surface area contributed by atoms with E-state index in [1.54, 1.807) is 11.6 Å². The molecular formula is C15H16F3N3O3. The summed E-state index contributed by atoms with van der Waals surface area (Å²) in [6.45, 7) is 4.17. The van der Waals surface area contributed by atoms with Crippen molar-refractivity contribution in [2.75, 3.05) is 6.61 Å². The Hall–Kier alpha value is -2.58. The number of carbonyl (C=O) groups excluding carboxylic acids is 1. The maximum Gasteiger partial charge on any atom is 0.417 e. The second-order valence-corrected chi connectivity index (χ2v) is 4.71. The van der Waals surface area contributed by atoms with Crippen LogP contribution in [0.5, 0.6) is 5.88 Å². The second kappa shape index (κ2) is 7.33. The summed E-state index contributed by atoms with van der Waals surface area (Å²) in [7, 11) is 0. The van der Waals surface area contributed by atoms with Crippen LogP contribution in [0.2, 0.25) is 0 Å². The molecule has 0 radical (unpaired) electrons. The van der Waals surface area contributed by atoms with Gasteiger partial charge in [-0.1, -0.05) is 0 Å². The van der Waals surface area contributed by atoms with E-state index in [1.165, 1.54) is 6.20 Å². The van der Waals surface area contributed by atoms with Crippen LogP contribution in [-0.2, 0) is 24.1 Å². The predicted octanol–water partition coefficient (Wildman–Crippen LogP) is 3.07. The topological polar surface area (TPSA) is 66.2 Å². The van der Waals surface area contributed by atoms with E-state index in [1.807, 2.05) is 6.92 Å². The van der Waals surface area contributed by atoms with Gasteiger partial charge in [-0.25, -0.2) is 9.78 Å². The van der Waals surface area contributed by atoms with E-state index >= 15 is 0 Å². The lowest BCUT2D eigenvalue weighted by atomic mass is 10.2. The third-order valence-electron chi connectivity index (χ3n) is 3.16. The van der Waals surface area contributed by atoms with Crippen LogP contribution in [0.25, 0.3) is 0 Å². The van der Waals surface area contributed by atoms with Gasteiger partial charge in [-0.2, -0.15) is 18.3 Å². The molecule has 24 heavy (non-hydrogen) atoms. The van der Waals surface area contributed by atoms with Crippen molar-refractivity contribution in [1.29, 1.82) is 0 Å². The molecule has 0 saturated heterocycles. The van der Waals surface area contributed by atoms with Crippen LogP contribution in [0.1, 0.15) is 35.5 Å². The predicted molar refractivity (Wildman–Crippen MR) is 77.4 cm³/mol. The summed E-state index contributed by atoms with van der Waals surface area (Å²) in [5.41, 5.74) is -0.135. The third kappa shape index (κ3) is 4.03. The van der Waals surface area contributed by atoms with Gasteiger partial charge >= 0.3 is 12.1 Å². The number of hydrogen-bond donors (Lipinski definition) is 0. The minimum absolute atomic E-state index is 0.0154. The van der Waals surface area contributed by atoms with Crippen LogP contribution in [-0.4, -0.2) is 27.3 Å². The molecule has 0 saturated carbocycles. The highest BCUT2D eigenvalue weighted by atomic mass is 19.4. The Balaban J connectivity index is 2.14. The number of carbonyl (C=O) groups is 1. The normalized spacial score (nSPS) is 11.4. The first kappa shape index (κ1) is 17.8. The van der Waals surface area contributed by atoms with E-state index in [9.17, 15) is 18.0 Å². The van der Waals surface area contributed by atoms with Gasteiger partial charge in [0.2, 0.25) is 5.88 Å². The number of halogens is 3. The number of hydrogen-bond acceptors (Lipinski definition) is 5. The Labute approximate surface area is 136 Å². The molecule has 0 N–H and O–H groups in total. The van der Waals surface area contributed by atoms with Gasteiger partial charge in [-0.3, -0.25) is 4.68 Å². The molecule has 6 nitrogen and oxygen atoms in total. The molecule has 0 amide bonds. The molecule has 0 fully saturated rings. The zero-order chi connectivity index (χ0) is 17.7. The molecule has 0 aliphatic carbocycles. The van der Waals surface area contributed by atoms with Gasteiger partial charge in [-0.05, 0) is 19.9 Å². The fourth-order valence-electron chi connectivity index (χ4n) is 1.99. The van der Waals surface area contributed by atoms with Gasteiger partial charge in [0, 0.05) is 18.8 Å². The average molecular weight is 343 g/mol. The lowest BCUT2D eigenvalue weighted by Crippen LogP contribution is -2.13. The van der Waals surface area contributed by atoms with Crippen molar-refractivity contribution < 1.29 is 27.4 Å². The standard InChI is InChI=1S/C15H16F3N3O3/c1-3-21-12(11(8-20-21)14(22)23-4-2)9-24-13-6-5-10(7-19-13)15(16,17)18/h5-8H,3-4,9H2,1-2H3. The SMILES string of the molecule is CCOC(=O)c1cnn(CC)c1COc1ccc(C(F)(F)F)cn1. The fraction of sp³-hybridized carbons (Fsp3) is 0.400. The summed E-state index contributed by atoms with van der Waals surface area (Å²) in [6.07, 6.45) is -2.39. The number of nitrogens with zero attached hydrogens (tertiary/aromatic N) is 3. The maximum absolute atomic E-state index is 12.5. The zero-order valence-corrected chi connectivity index (χ0v) is 13.1. The Bertz CT molecular complexity index is 696. The van der Waals surface area contributed by atoms with Crippen molar-refractivity contribution in [3.63, 3.8) is 0 Å². The van der Waals surface area contributed by atoms with Crippen LogP contribution >= 0.6 is 0 Å². The lowest BCUT2D eigenvalue weighted by molar-refractivity contribution is -0.137. The van der Waals surface area contributed by atoms with Gasteiger partial charge in [0.25, 0.3) is 0 Å². The fourth-order valence-corrected chi connectivity index (χ4v) is 1.99. The molecule has 2 aromatic heterocycles. The number of ether oxygens (including phenoxy) is 2. The summed E-state index contributed by atoms with van der Waals surface area (Å²) in [4.78, 5) is 15.5. The second-order valence-electron chi connectivity index (χ2n) is 4.71. The Kier molecular flexibility index (Phi) is 5.42. The lowest BCUT2D eigenvalue weighted by Gasteiger charge is -2.10. The Morgan fingerprint density at radius 2 is 2.00 bits per heavy atom. The van der Waals surface area contributed by atoms with E-state index in [2.05, 4.69) is 10.1 Å². The van der Waals surface area contributed by atoms with Gasteiger partial charge in [0.1, 0.15) is 12.2 Å². The third-order valence-corrected chi connectivity index (χ3v) is 3.16. The Morgan fingerprint density at radius 3 is 2.54 bits per heavy atom. The summed E-state index contributed by atoms with van der Waals surface area (Å²) < 4.78 is 49.4. The zero-order valence-electron chi connectivity index (χ0n) is 13.1. The number of rotatable bonds is 6. The minimum Gasteiger partial charge on any atom is -0.471 e. The summed E-state index contributed by atoms with van der Waals surface area (Å²) in [5.74, 6) is -0.516. The van der Waals surface area contributed by atoms with Crippen LogP contribution in [0.3, 0.4) is 0 Å². The molecule has 2 heterocycles. The van der Waals surface area contributed by atoms with Crippen LogP contribution < -0.4 is 4.74 Å². The van der Waals surface area contributed by atoms with Gasteiger partial charge in [0.15, 0.2) is 0 Å². The smallest absolute Gasteiger partial charge is 0.417 e. The highest BCUT2D eigenvalue weighted by Gasteiger charge is 2.30. The molecule has 0 aliphatic heterocycles. The Morgan fingerprint density at radius 1 is 1.25 bits per heavy atom. The first-order valence-electron chi connectivity index (χ1n) is 7.24. The van der Waals surface area contributed by atoms with Crippen molar-refractivity contribution in [1.82, 2.24) is 14.8 Å². The minimum atomic E-state index is -4.45. The number of aromatic nitrogens is 3. The van der Waals surface area contributed by atoms with Crippen LogP contribution in [0.4, 0.5) is 13.2 Å². The molecule has 0 aliphatic rings. The summed E-state index contributed by atoms with van der Waals surface area (Å²) >= 11 is 0. The average Bonchev–Trinajstić information content (AvgIpc) is 2.95. The van der Waals surface area contributed by atoms with Gasteiger partial charge in [0.05, 0.1) is 24.1 Å². The van der Waals surface area contributed by atoms with E-state index in [-0.39, 0.29) is 24.7 Å². The van der Waals surface area contributed by atoms with Gasteiger partial charge in [-0.15, -0.1) is 0 Å². The van der Waals surface area contributed by atoms with Gasteiger partial charge < -0.3 is 9.47 Å². The molecule has 0 atom stereocenters. The van der Waals surface area contributed by atoms with Crippen molar-refractivity contribution in [2.24, 2.45) is 0 Å². The number of esters is 1. The highest BCUT2D eigenvalue weighted by Crippen LogP contribution is 2.29. The maximum atomic E-state index is 12.5. The van der Waals surface area contributed by atoms with Crippen LogP contribution in [0, 0.1) is 0 Å². The van der Waals surface area contributed by atoms with Crippen molar-refractivity contribution >= 4 is 5.97 Å². The number of aryl methyl sites for hydroxylation is 1. The quantitative estimate of drug-likeness (QED) is 0.754. The summed E-state index contributed by atoms with van der Waals surface area (Å²) in [6, 6.07) is 2.01. The molecule has 0 spiro atoms. The van der Waals surface area contributed by atoms with E-state index in [0.29, 0.717) is 18.4 Å². The highest BCUT2D eigenvalue weighted by molar-refractivity contribution is 5.90. The number of alkyl halides is 3. The van der Waals surface area contributed by atoms with Crippen molar-refractivity contribution in [2.45, 2.75) is 33.2 Å². The molecule has 0 aromatic carbocycles. The monoisotopic (exact) mass is 343 g/mol. The number of pyridine rings is 1. The molecule has 9 heteroatoms. The van der Waals surface area contributed by atoms with Crippen molar-refractivity contribution in [3.8, 4) is 5.88 Å².